The molecule has 4 N–H and O–H groups in total. The molecule has 2 aromatic carbocycles. The Bertz CT molecular complexity index is 520. The van der Waals surface area contributed by atoms with Gasteiger partial charge in [0, 0.05) is 17.3 Å². The molecule has 3 rings (SSSR count). The van der Waals surface area contributed by atoms with Crippen LogP contribution in [0.1, 0.15) is 49.1 Å². The van der Waals surface area contributed by atoms with E-state index in [0.717, 1.165) is 17.3 Å². The van der Waals surface area contributed by atoms with Gasteiger partial charge in [-0.05, 0) is 54.2 Å². The molecule has 0 heterocycles. The van der Waals surface area contributed by atoms with Crippen molar-refractivity contribution in [3.8, 4) is 0 Å². The molecule has 0 atom stereocenters. The first-order valence-corrected chi connectivity index (χ1v) is 7.95. The van der Waals surface area contributed by atoms with Gasteiger partial charge in [-0.3, -0.25) is 0 Å². The summed E-state index contributed by atoms with van der Waals surface area (Å²) in [7, 11) is 0. The van der Waals surface area contributed by atoms with E-state index in [4.69, 9.17) is 11.5 Å². The number of hydrogen-bond donors (Lipinski definition) is 2. The monoisotopic (exact) mass is 280 g/mol. The molecule has 0 aromatic heterocycles. The van der Waals surface area contributed by atoms with Crippen LogP contribution in [-0.4, -0.2) is 0 Å². The van der Waals surface area contributed by atoms with E-state index in [1.807, 2.05) is 24.3 Å². The van der Waals surface area contributed by atoms with E-state index in [1.165, 1.54) is 43.2 Å². The summed E-state index contributed by atoms with van der Waals surface area (Å²) in [4.78, 5) is 0. The zero-order chi connectivity index (χ0) is 14.7. The lowest BCUT2D eigenvalue weighted by Crippen LogP contribution is -2.17. The molecule has 1 aliphatic carbocycles. The van der Waals surface area contributed by atoms with Crippen LogP contribution in [-0.2, 0) is 0 Å². The molecule has 0 unspecified atom stereocenters. The van der Waals surface area contributed by atoms with Gasteiger partial charge < -0.3 is 11.5 Å². The van der Waals surface area contributed by atoms with Crippen molar-refractivity contribution in [1.82, 2.24) is 0 Å². The smallest absolute Gasteiger partial charge is 0.0314 e. The van der Waals surface area contributed by atoms with Gasteiger partial charge in [-0.25, -0.2) is 0 Å². The van der Waals surface area contributed by atoms with E-state index in [-0.39, 0.29) is 0 Å². The van der Waals surface area contributed by atoms with E-state index in [2.05, 4.69) is 24.3 Å². The van der Waals surface area contributed by atoms with Gasteiger partial charge in [-0.15, -0.1) is 0 Å². The van der Waals surface area contributed by atoms with E-state index in [0.29, 0.717) is 5.92 Å². The number of anilines is 2. The van der Waals surface area contributed by atoms with E-state index < -0.39 is 0 Å². The Morgan fingerprint density at radius 3 is 1.52 bits per heavy atom. The van der Waals surface area contributed by atoms with Crippen LogP contribution in [0.5, 0.6) is 0 Å². The van der Waals surface area contributed by atoms with Crippen molar-refractivity contribution in [2.45, 2.75) is 38.0 Å². The lowest BCUT2D eigenvalue weighted by molar-refractivity contribution is 0.327. The Labute approximate surface area is 127 Å². The van der Waals surface area contributed by atoms with Crippen molar-refractivity contribution in [1.29, 1.82) is 0 Å². The Morgan fingerprint density at radius 2 is 1.10 bits per heavy atom. The summed E-state index contributed by atoms with van der Waals surface area (Å²) in [6.07, 6.45) is 6.72. The largest absolute Gasteiger partial charge is 0.399 e. The molecule has 0 bridgehead atoms. The Balaban J connectivity index is 1.97. The second kappa shape index (κ2) is 6.21. The van der Waals surface area contributed by atoms with Gasteiger partial charge in [0.25, 0.3) is 0 Å². The average molecular weight is 280 g/mol. The quantitative estimate of drug-likeness (QED) is 0.810. The maximum absolute atomic E-state index is 5.85. The number of benzene rings is 2. The molecular weight excluding hydrogens is 256 g/mol. The van der Waals surface area contributed by atoms with Crippen LogP contribution >= 0.6 is 0 Å². The number of hydrogen-bond acceptors (Lipinski definition) is 2. The highest BCUT2D eigenvalue weighted by Gasteiger charge is 2.26. The fourth-order valence-corrected chi connectivity index (χ4v) is 3.61. The van der Waals surface area contributed by atoms with Gasteiger partial charge in [0.1, 0.15) is 0 Å². The minimum atomic E-state index is 0.464. The third-order valence-electron chi connectivity index (χ3n) is 4.71. The third-order valence-corrected chi connectivity index (χ3v) is 4.71. The normalized spacial score (nSPS) is 16.2. The summed E-state index contributed by atoms with van der Waals surface area (Å²) in [5, 5.41) is 0. The average Bonchev–Trinajstić information content (AvgIpc) is 2.52. The first-order chi connectivity index (χ1) is 10.2. The van der Waals surface area contributed by atoms with Crippen molar-refractivity contribution < 1.29 is 0 Å². The Hall–Kier alpha value is -1.96. The Morgan fingerprint density at radius 1 is 0.667 bits per heavy atom. The molecule has 0 amide bonds. The number of nitrogen functional groups attached to an aromatic ring is 2. The van der Waals surface area contributed by atoms with Crippen molar-refractivity contribution in [3.05, 3.63) is 59.7 Å². The highest BCUT2D eigenvalue weighted by molar-refractivity contribution is 5.46. The van der Waals surface area contributed by atoms with Crippen molar-refractivity contribution in [2.24, 2.45) is 5.92 Å². The highest BCUT2D eigenvalue weighted by Crippen LogP contribution is 2.40. The molecule has 2 heteroatoms. The van der Waals surface area contributed by atoms with Crippen LogP contribution in [0, 0.1) is 5.92 Å². The third kappa shape index (κ3) is 3.21. The second-order valence-electron chi connectivity index (χ2n) is 6.21. The summed E-state index contributed by atoms with van der Waals surface area (Å²) in [5.74, 6) is 1.19. The lowest BCUT2D eigenvalue weighted by Gasteiger charge is -2.31. The fourth-order valence-electron chi connectivity index (χ4n) is 3.61. The predicted octanol–water partition coefficient (Wildman–Crippen LogP) is 4.56. The maximum Gasteiger partial charge on any atom is 0.0314 e. The Kier molecular flexibility index (Phi) is 4.14. The maximum atomic E-state index is 5.85. The van der Waals surface area contributed by atoms with Crippen molar-refractivity contribution in [2.75, 3.05) is 11.5 Å². The van der Waals surface area contributed by atoms with Gasteiger partial charge in [-0.1, -0.05) is 43.5 Å². The number of nitrogens with two attached hydrogens (primary N) is 2. The number of rotatable bonds is 3. The van der Waals surface area contributed by atoms with Crippen LogP contribution < -0.4 is 11.5 Å². The minimum Gasteiger partial charge on any atom is -0.399 e. The van der Waals surface area contributed by atoms with Gasteiger partial charge in [-0.2, -0.15) is 0 Å². The highest BCUT2D eigenvalue weighted by atomic mass is 14.5. The molecule has 0 radical (unpaired) electrons. The molecule has 1 fully saturated rings. The molecule has 0 saturated heterocycles. The molecule has 1 aliphatic rings. The summed E-state index contributed by atoms with van der Waals surface area (Å²) in [6.45, 7) is 0. The summed E-state index contributed by atoms with van der Waals surface area (Å²) in [5.41, 5.74) is 16.1. The first kappa shape index (κ1) is 14.0. The minimum absolute atomic E-state index is 0.464. The van der Waals surface area contributed by atoms with Crippen LogP contribution in [0.15, 0.2) is 48.5 Å². The molecule has 2 nitrogen and oxygen atoms in total. The SMILES string of the molecule is Nc1ccc(C(c2ccc(N)cc2)C2CCCCC2)cc1. The first-order valence-electron chi connectivity index (χ1n) is 7.95. The van der Waals surface area contributed by atoms with Crippen molar-refractivity contribution >= 4 is 11.4 Å². The fraction of sp³-hybridized carbons (Fsp3) is 0.368. The molecule has 110 valence electrons. The summed E-state index contributed by atoms with van der Waals surface area (Å²) >= 11 is 0. The lowest BCUT2D eigenvalue weighted by atomic mass is 9.73. The predicted molar refractivity (Wildman–Crippen MR) is 90.1 cm³/mol. The molecule has 21 heavy (non-hydrogen) atoms. The summed E-state index contributed by atoms with van der Waals surface area (Å²) < 4.78 is 0. The summed E-state index contributed by atoms with van der Waals surface area (Å²) in [6, 6.07) is 16.8. The van der Waals surface area contributed by atoms with Gasteiger partial charge in [0.05, 0.1) is 0 Å². The van der Waals surface area contributed by atoms with Gasteiger partial charge in [0.2, 0.25) is 0 Å². The molecule has 0 aliphatic heterocycles. The molecular formula is C19H24N2. The standard InChI is InChI=1S/C19H24N2/c20-17-10-6-15(7-11-17)19(14-4-2-1-3-5-14)16-8-12-18(21)13-9-16/h6-14,19H,1-5,20-21H2. The van der Waals surface area contributed by atoms with Crippen LogP contribution in [0.25, 0.3) is 0 Å². The zero-order valence-electron chi connectivity index (χ0n) is 12.5. The molecule has 2 aromatic rings. The zero-order valence-corrected chi connectivity index (χ0v) is 12.5. The van der Waals surface area contributed by atoms with Crippen LogP contribution in [0.4, 0.5) is 11.4 Å². The van der Waals surface area contributed by atoms with Crippen LogP contribution in [0.2, 0.25) is 0 Å². The molecule has 0 spiro atoms. The second-order valence-corrected chi connectivity index (χ2v) is 6.21. The van der Waals surface area contributed by atoms with E-state index >= 15 is 0 Å². The topological polar surface area (TPSA) is 52.0 Å². The van der Waals surface area contributed by atoms with Crippen LogP contribution in [0.3, 0.4) is 0 Å². The molecule has 1 saturated carbocycles. The van der Waals surface area contributed by atoms with Gasteiger partial charge in [0.15, 0.2) is 0 Å². The van der Waals surface area contributed by atoms with E-state index in [9.17, 15) is 0 Å². The van der Waals surface area contributed by atoms with Crippen molar-refractivity contribution in [3.63, 3.8) is 0 Å². The van der Waals surface area contributed by atoms with Gasteiger partial charge >= 0.3 is 0 Å². The van der Waals surface area contributed by atoms with E-state index in [1.54, 1.807) is 0 Å².